The van der Waals surface area contributed by atoms with Gasteiger partial charge in [-0.2, -0.15) is 0 Å². The summed E-state index contributed by atoms with van der Waals surface area (Å²) < 4.78 is 0. The van der Waals surface area contributed by atoms with E-state index in [4.69, 9.17) is 0 Å². The van der Waals surface area contributed by atoms with E-state index in [-0.39, 0.29) is 17.1 Å². The van der Waals surface area contributed by atoms with Gasteiger partial charge in [-0.05, 0) is 24.3 Å². The molecule has 3 N–H and O–H groups in total. The van der Waals surface area contributed by atoms with Crippen LogP contribution in [0.4, 0.5) is 5.69 Å². The minimum absolute atomic E-state index is 0.161. The van der Waals surface area contributed by atoms with Crippen LogP contribution < -0.4 is 5.32 Å². The van der Waals surface area contributed by atoms with Crippen molar-refractivity contribution < 1.29 is 15.0 Å². The number of phenolic OH excluding ortho intramolecular Hbond substituents is 2. The number of nitrogens with zero attached hydrogens (tertiary/aromatic N) is 1. The van der Waals surface area contributed by atoms with Gasteiger partial charge >= 0.3 is 0 Å². The lowest BCUT2D eigenvalue weighted by molar-refractivity contribution is 0.102. The molecule has 0 fully saturated rings. The molecule has 0 unspecified atom stereocenters. The van der Waals surface area contributed by atoms with Gasteiger partial charge in [0.25, 0.3) is 5.91 Å². The molecule has 0 aliphatic heterocycles. The summed E-state index contributed by atoms with van der Waals surface area (Å²) in [7, 11) is 0. The number of hydrogen-bond acceptors (Lipinski definition) is 4. The van der Waals surface area contributed by atoms with Crippen LogP contribution in [0.3, 0.4) is 0 Å². The quantitative estimate of drug-likeness (QED) is 0.674. The first-order valence-corrected chi connectivity index (χ1v) is 6.32. The van der Waals surface area contributed by atoms with Gasteiger partial charge in [0.2, 0.25) is 0 Å². The van der Waals surface area contributed by atoms with E-state index in [0.717, 1.165) is 10.9 Å². The van der Waals surface area contributed by atoms with Crippen LogP contribution in [0.5, 0.6) is 11.5 Å². The number of amides is 1. The largest absolute Gasteiger partial charge is 0.507 e. The molecular formula is C16H12N2O3. The molecule has 1 aromatic heterocycles. The number of carbonyl (C=O) groups is 1. The Bertz CT molecular complexity index is 810. The average Bonchev–Trinajstić information content (AvgIpc) is 2.47. The zero-order valence-electron chi connectivity index (χ0n) is 10.9. The van der Waals surface area contributed by atoms with E-state index in [9.17, 15) is 15.0 Å². The van der Waals surface area contributed by atoms with Crippen molar-refractivity contribution in [3.8, 4) is 11.5 Å². The molecule has 5 heteroatoms. The van der Waals surface area contributed by atoms with Gasteiger partial charge in [-0.15, -0.1) is 0 Å². The van der Waals surface area contributed by atoms with E-state index in [1.54, 1.807) is 6.07 Å². The summed E-state index contributed by atoms with van der Waals surface area (Å²) in [5, 5.41) is 22.8. The number of pyridine rings is 1. The molecule has 2 aromatic carbocycles. The van der Waals surface area contributed by atoms with Crippen LogP contribution in [0, 0.1) is 0 Å². The zero-order valence-corrected chi connectivity index (χ0v) is 10.9. The summed E-state index contributed by atoms with van der Waals surface area (Å²) >= 11 is 0. The number of hydrogen-bond donors (Lipinski definition) is 3. The van der Waals surface area contributed by atoms with Gasteiger partial charge in [0.1, 0.15) is 17.1 Å². The summed E-state index contributed by atoms with van der Waals surface area (Å²) in [5.41, 5.74) is 1.15. The smallest absolute Gasteiger partial charge is 0.263 e. The number of nitrogens with one attached hydrogen (secondary N) is 1. The lowest BCUT2D eigenvalue weighted by atomic mass is 10.1. The second-order valence-corrected chi connectivity index (χ2v) is 4.54. The van der Waals surface area contributed by atoms with E-state index in [0.29, 0.717) is 5.69 Å². The Morgan fingerprint density at radius 2 is 1.71 bits per heavy atom. The van der Waals surface area contributed by atoms with E-state index in [2.05, 4.69) is 10.3 Å². The summed E-state index contributed by atoms with van der Waals surface area (Å²) in [6.07, 6.45) is 1.53. The van der Waals surface area contributed by atoms with Crippen LogP contribution in [0.2, 0.25) is 0 Å². The van der Waals surface area contributed by atoms with Gasteiger partial charge in [0.05, 0.1) is 17.4 Å². The van der Waals surface area contributed by atoms with Crippen LogP contribution in [-0.2, 0) is 0 Å². The lowest BCUT2D eigenvalue weighted by Crippen LogP contribution is -2.12. The Hall–Kier alpha value is -3.08. The fraction of sp³-hybridized carbons (Fsp3) is 0. The number of anilines is 1. The average molecular weight is 280 g/mol. The topological polar surface area (TPSA) is 82.5 Å². The highest BCUT2D eigenvalue weighted by Gasteiger charge is 2.16. The molecule has 3 rings (SSSR count). The van der Waals surface area contributed by atoms with E-state index in [1.807, 2.05) is 24.3 Å². The molecule has 0 aliphatic carbocycles. The van der Waals surface area contributed by atoms with Gasteiger partial charge in [0.15, 0.2) is 0 Å². The molecule has 5 nitrogen and oxygen atoms in total. The number of rotatable bonds is 2. The highest BCUT2D eigenvalue weighted by molar-refractivity contribution is 6.08. The highest BCUT2D eigenvalue weighted by atomic mass is 16.3. The van der Waals surface area contributed by atoms with Crippen molar-refractivity contribution in [1.29, 1.82) is 0 Å². The SMILES string of the molecule is O=C(Nc1cnc2ccccc2c1)c1c(O)cccc1O. The minimum atomic E-state index is -0.595. The number of aromatic hydroxyl groups is 2. The van der Waals surface area contributed by atoms with Gasteiger partial charge in [-0.25, -0.2) is 0 Å². The number of fused-ring (bicyclic) bond motifs is 1. The first kappa shape index (κ1) is 12.9. The summed E-state index contributed by atoms with van der Waals surface area (Å²) in [6, 6.07) is 13.4. The van der Waals surface area contributed by atoms with E-state index >= 15 is 0 Å². The van der Waals surface area contributed by atoms with Crippen molar-refractivity contribution in [2.45, 2.75) is 0 Å². The van der Waals surface area contributed by atoms with Gasteiger partial charge < -0.3 is 15.5 Å². The van der Waals surface area contributed by atoms with Crippen LogP contribution >= 0.6 is 0 Å². The van der Waals surface area contributed by atoms with Crippen LogP contribution in [-0.4, -0.2) is 21.1 Å². The Morgan fingerprint density at radius 3 is 2.48 bits per heavy atom. The molecule has 1 heterocycles. The Morgan fingerprint density at radius 1 is 1.00 bits per heavy atom. The number of carbonyl (C=O) groups excluding carboxylic acids is 1. The molecule has 0 bridgehead atoms. The highest BCUT2D eigenvalue weighted by Crippen LogP contribution is 2.27. The lowest BCUT2D eigenvalue weighted by Gasteiger charge is -2.08. The number of benzene rings is 2. The Balaban J connectivity index is 1.93. The fourth-order valence-corrected chi connectivity index (χ4v) is 2.09. The molecule has 0 saturated carbocycles. The van der Waals surface area contributed by atoms with Crippen molar-refractivity contribution in [1.82, 2.24) is 4.98 Å². The predicted octanol–water partition coefficient (Wildman–Crippen LogP) is 2.90. The molecule has 21 heavy (non-hydrogen) atoms. The van der Waals surface area contributed by atoms with Crippen molar-refractivity contribution in [2.24, 2.45) is 0 Å². The fourth-order valence-electron chi connectivity index (χ4n) is 2.09. The molecule has 104 valence electrons. The third-order valence-electron chi connectivity index (χ3n) is 3.10. The van der Waals surface area contributed by atoms with Crippen molar-refractivity contribution in [2.75, 3.05) is 5.32 Å². The third-order valence-corrected chi connectivity index (χ3v) is 3.10. The van der Waals surface area contributed by atoms with Crippen LogP contribution in [0.15, 0.2) is 54.7 Å². The first-order chi connectivity index (χ1) is 10.1. The first-order valence-electron chi connectivity index (χ1n) is 6.32. The minimum Gasteiger partial charge on any atom is -0.507 e. The Kier molecular flexibility index (Phi) is 3.16. The predicted molar refractivity (Wildman–Crippen MR) is 79.5 cm³/mol. The molecule has 0 aliphatic rings. The van der Waals surface area contributed by atoms with E-state index < -0.39 is 5.91 Å². The number of phenols is 2. The molecule has 0 radical (unpaired) electrons. The van der Waals surface area contributed by atoms with Gasteiger partial charge in [-0.3, -0.25) is 9.78 Å². The number of aromatic nitrogens is 1. The van der Waals surface area contributed by atoms with Crippen molar-refractivity contribution >= 4 is 22.5 Å². The molecule has 1 amide bonds. The van der Waals surface area contributed by atoms with Crippen molar-refractivity contribution in [3.63, 3.8) is 0 Å². The molecule has 0 saturated heterocycles. The maximum atomic E-state index is 12.1. The summed E-state index contributed by atoms with van der Waals surface area (Å²) in [6.45, 7) is 0. The molecule has 0 spiro atoms. The maximum absolute atomic E-state index is 12.1. The third kappa shape index (κ3) is 2.49. The second-order valence-electron chi connectivity index (χ2n) is 4.54. The molecule has 3 aromatic rings. The molecule has 0 atom stereocenters. The normalized spacial score (nSPS) is 10.5. The summed E-state index contributed by atoms with van der Waals surface area (Å²) in [5.74, 6) is -1.15. The monoisotopic (exact) mass is 280 g/mol. The number of para-hydroxylation sites is 1. The zero-order chi connectivity index (χ0) is 14.8. The van der Waals surface area contributed by atoms with E-state index in [1.165, 1.54) is 24.4 Å². The maximum Gasteiger partial charge on any atom is 0.263 e. The standard InChI is InChI=1S/C16H12N2O3/c19-13-6-3-7-14(20)15(13)16(21)18-11-8-10-4-1-2-5-12(10)17-9-11/h1-9,19-20H,(H,18,21). The summed E-state index contributed by atoms with van der Waals surface area (Å²) in [4.78, 5) is 16.4. The molecular weight excluding hydrogens is 268 g/mol. The van der Waals surface area contributed by atoms with Crippen LogP contribution in [0.1, 0.15) is 10.4 Å². The van der Waals surface area contributed by atoms with Gasteiger partial charge in [-0.1, -0.05) is 24.3 Å². The van der Waals surface area contributed by atoms with Gasteiger partial charge in [0, 0.05) is 5.39 Å². The Labute approximate surface area is 120 Å². The van der Waals surface area contributed by atoms with Crippen LogP contribution in [0.25, 0.3) is 10.9 Å². The second kappa shape index (κ2) is 5.13. The van der Waals surface area contributed by atoms with Crippen molar-refractivity contribution in [3.05, 3.63) is 60.3 Å².